The van der Waals surface area contributed by atoms with E-state index in [1.54, 1.807) is 0 Å². The van der Waals surface area contributed by atoms with Crippen molar-refractivity contribution in [1.82, 2.24) is 10.6 Å². The van der Waals surface area contributed by atoms with Crippen molar-refractivity contribution < 1.29 is 18.7 Å². The fourth-order valence-corrected chi connectivity index (χ4v) is 2.98. The minimum Gasteiger partial charge on any atom is -0.390 e. The molecule has 0 aliphatic heterocycles. The monoisotopic (exact) mass is 332 g/mol. The number of amides is 2. The average molecular weight is 332 g/mol. The van der Waals surface area contributed by atoms with Crippen LogP contribution in [0.4, 0.5) is 13.6 Å². The number of aliphatic hydroxyl groups is 1. The van der Waals surface area contributed by atoms with Gasteiger partial charge in [0.2, 0.25) is 0 Å². The molecule has 0 aromatic heterocycles. The van der Waals surface area contributed by atoms with Crippen LogP contribution in [0.15, 0.2) is 42.5 Å². The largest absolute Gasteiger partial charge is 0.390 e. The molecule has 2 unspecified atom stereocenters. The van der Waals surface area contributed by atoms with E-state index in [2.05, 4.69) is 10.6 Å². The highest BCUT2D eigenvalue weighted by atomic mass is 19.1. The van der Waals surface area contributed by atoms with Gasteiger partial charge in [-0.15, -0.1) is 0 Å². The molecule has 6 heteroatoms. The third-order valence-electron chi connectivity index (χ3n) is 4.19. The second-order valence-electron chi connectivity index (χ2n) is 5.83. The number of hydrogen-bond acceptors (Lipinski definition) is 2. The number of hydrogen-bond donors (Lipinski definition) is 3. The summed E-state index contributed by atoms with van der Waals surface area (Å²) < 4.78 is 26.4. The summed E-state index contributed by atoms with van der Waals surface area (Å²) in [7, 11) is 0. The van der Waals surface area contributed by atoms with Gasteiger partial charge in [-0.05, 0) is 29.2 Å². The van der Waals surface area contributed by atoms with Crippen molar-refractivity contribution in [3.8, 4) is 0 Å². The van der Waals surface area contributed by atoms with E-state index in [1.807, 2.05) is 24.3 Å². The van der Waals surface area contributed by atoms with E-state index in [-0.39, 0.29) is 13.0 Å². The Labute approximate surface area is 138 Å². The van der Waals surface area contributed by atoms with Crippen LogP contribution in [0, 0.1) is 11.6 Å². The summed E-state index contributed by atoms with van der Waals surface area (Å²) in [6, 6.07) is 10.0. The third kappa shape index (κ3) is 3.54. The fourth-order valence-electron chi connectivity index (χ4n) is 2.98. The molecule has 0 saturated carbocycles. The van der Waals surface area contributed by atoms with E-state index in [0.717, 1.165) is 17.2 Å². The molecular formula is C18H18F2N2O2. The Balaban J connectivity index is 1.53. The molecule has 4 nitrogen and oxygen atoms in total. The molecule has 2 aromatic carbocycles. The van der Waals surface area contributed by atoms with Crippen LogP contribution in [0.5, 0.6) is 0 Å². The number of carbonyl (C=O) groups excluding carboxylic acids is 1. The zero-order valence-corrected chi connectivity index (χ0v) is 12.9. The van der Waals surface area contributed by atoms with Gasteiger partial charge < -0.3 is 15.7 Å². The predicted octanol–water partition coefficient (Wildman–Crippen LogP) is 2.46. The summed E-state index contributed by atoms with van der Waals surface area (Å²) in [5.74, 6) is -1.26. The van der Waals surface area contributed by atoms with Gasteiger partial charge in [0.1, 0.15) is 11.6 Å². The van der Waals surface area contributed by atoms with Gasteiger partial charge in [0.05, 0.1) is 12.1 Å². The molecule has 0 radical (unpaired) electrons. The Morgan fingerprint density at radius 3 is 2.79 bits per heavy atom. The van der Waals surface area contributed by atoms with E-state index in [1.165, 1.54) is 12.1 Å². The van der Waals surface area contributed by atoms with Crippen LogP contribution in [-0.4, -0.2) is 23.8 Å². The molecule has 24 heavy (non-hydrogen) atoms. The Morgan fingerprint density at radius 2 is 2.00 bits per heavy atom. The van der Waals surface area contributed by atoms with Crippen LogP contribution >= 0.6 is 0 Å². The van der Waals surface area contributed by atoms with Gasteiger partial charge in [0.15, 0.2) is 0 Å². The molecule has 0 bridgehead atoms. The number of carbonyl (C=O) groups is 1. The third-order valence-corrected chi connectivity index (χ3v) is 4.19. The maximum absolute atomic E-state index is 13.5. The highest BCUT2D eigenvalue weighted by molar-refractivity contribution is 5.74. The Bertz CT molecular complexity index is 752. The lowest BCUT2D eigenvalue weighted by molar-refractivity contribution is 0.142. The normalized spacial score (nSPS) is 19.0. The number of rotatable bonds is 4. The van der Waals surface area contributed by atoms with Crippen molar-refractivity contribution in [3.05, 3.63) is 70.8 Å². The van der Waals surface area contributed by atoms with Crippen molar-refractivity contribution in [2.75, 3.05) is 6.54 Å². The minimum atomic E-state index is -0.664. The highest BCUT2D eigenvalue weighted by Gasteiger charge is 2.31. The number of fused-ring (bicyclic) bond motifs is 1. The maximum atomic E-state index is 13.5. The smallest absolute Gasteiger partial charge is 0.315 e. The molecule has 3 rings (SSSR count). The number of benzene rings is 2. The van der Waals surface area contributed by atoms with Crippen molar-refractivity contribution >= 4 is 6.03 Å². The SMILES string of the molecule is O=C(NCCc1ccc(F)cc1F)NC1c2ccccc2CC1O. The maximum Gasteiger partial charge on any atom is 0.315 e. The second-order valence-corrected chi connectivity index (χ2v) is 5.83. The standard InChI is InChI=1S/C18H18F2N2O2/c19-13-6-5-11(15(20)10-13)7-8-21-18(24)22-17-14-4-2-1-3-12(14)9-16(17)23/h1-6,10,16-17,23H,7-9H2,(H2,21,22,24). The van der Waals surface area contributed by atoms with Gasteiger partial charge in [0, 0.05) is 19.0 Å². The Kier molecular flexibility index (Phi) is 4.76. The summed E-state index contributed by atoms with van der Waals surface area (Å²) >= 11 is 0. The van der Waals surface area contributed by atoms with Crippen molar-refractivity contribution in [1.29, 1.82) is 0 Å². The van der Waals surface area contributed by atoms with Crippen molar-refractivity contribution in [3.63, 3.8) is 0 Å². The quantitative estimate of drug-likeness (QED) is 0.805. The molecule has 0 fully saturated rings. The molecule has 3 N–H and O–H groups in total. The van der Waals surface area contributed by atoms with Crippen LogP contribution in [0.2, 0.25) is 0 Å². The van der Waals surface area contributed by atoms with E-state index >= 15 is 0 Å². The van der Waals surface area contributed by atoms with Gasteiger partial charge in [-0.1, -0.05) is 30.3 Å². The average Bonchev–Trinajstić information content (AvgIpc) is 2.85. The zero-order chi connectivity index (χ0) is 17.1. The number of aliphatic hydroxyl groups excluding tert-OH is 1. The molecule has 2 aromatic rings. The lowest BCUT2D eigenvalue weighted by Crippen LogP contribution is -2.41. The van der Waals surface area contributed by atoms with Gasteiger partial charge in [0.25, 0.3) is 0 Å². The highest BCUT2D eigenvalue weighted by Crippen LogP contribution is 2.30. The second kappa shape index (κ2) is 6.97. The van der Waals surface area contributed by atoms with Gasteiger partial charge in [-0.3, -0.25) is 0 Å². The van der Waals surface area contributed by atoms with E-state index in [9.17, 15) is 18.7 Å². The first-order chi connectivity index (χ1) is 11.5. The van der Waals surface area contributed by atoms with Crippen LogP contribution in [0.3, 0.4) is 0 Å². The molecule has 1 aliphatic rings. The first kappa shape index (κ1) is 16.4. The Hall–Kier alpha value is -2.47. The number of nitrogens with one attached hydrogen (secondary N) is 2. The molecule has 2 amide bonds. The van der Waals surface area contributed by atoms with E-state index in [4.69, 9.17) is 0 Å². The number of halogens is 2. The van der Waals surface area contributed by atoms with Gasteiger partial charge in [-0.25, -0.2) is 13.6 Å². The summed E-state index contributed by atoms with van der Waals surface area (Å²) in [5.41, 5.74) is 2.26. The molecule has 0 heterocycles. The van der Waals surface area contributed by atoms with Crippen LogP contribution in [0.1, 0.15) is 22.7 Å². The fraction of sp³-hybridized carbons (Fsp3) is 0.278. The summed E-state index contributed by atoms with van der Waals surface area (Å²) in [4.78, 5) is 12.0. The lowest BCUT2D eigenvalue weighted by Gasteiger charge is -2.18. The molecule has 0 saturated heterocycles. The zero-order valence-electron chi connectivity index (χ0n) is 12.9. The molecule has 1 aliphatic carbocycles. The summed E-state index contributed by atoms with van der Waals surface area (Å²) in [6.45, 7) is 0.207. The summed E-state index contributed by atoms with van der Waals surface area (Å²) in [6.07, 6.45) is 0.0910. The first-order valence-corrected chi connectivity index (χ1v) is 7.79. The van der Waals surface area contributed by atoms with Crippen LogP contribution in [0.25, 0.3) is 0 Å². The van der Waals surface area contributed by atoms with Gasteiger partial charge >= 0.3 is 6.03 Å². The van der Waals surface area contributed by atoms with E-state index < -0.39 is 29.8 Å². The van der Waals surface area contributed by atoms with E-state index in [0.29, 0.717) is 12.0 Å². The van der Waals surface area contributed by atoms with Crippen LogP contribution in [-0.2, 0) is 12.8 Å². The minimum absolute atomic E-state index is 0.207. The summed E-state index contributed by atoms with van der Waals surface area (Å²) in [5, 5.41) is 15.5. The molecule has 0 spiro atoms. The Morgan fingerprint density at radius 1 is 1.21 bits per heavy atom. The van der Waals surface area contributed by atoms with Crippen molar-refractivity contribution in [2.45, 2.75) is 25.0 Å². The number of urea groups is 1. The molecule has 2 atom stereocenters. The molecule has 126 valence electrons. The van der Waals surface area contributed by atoms with Crippen molar-refractivity contribution in [2.24, 2.45) is 0 Å². The first-order valence-electron chi connectivity index (χ1n) is 7.79. The lowest BCUT2D eigenvalue weighted by atomic mass is 10.1. The van der Waals surface area contributed by atoms with Gasteiger partial charge in [-0.2, -0.15) is 0 Å². The predicted molar refractivity (Wildman–Crippen MR) is 85.5 cm³/mol. The topological polar surface area (TPSA) is 61.4 Å². The molecular weight excluding hydrogens is 314 g/mol. The van der Waals surface area contributed by atoms with Crippen LogP contribution < -0.4 is 10.6 Å².